The van der Waals surface area contributed by atoms with E-state index < -0.39 is 0 Å². The largest absolute Gasteiger partial charge is 0.0881 e. The zero-order valence-electron chi connectivity index (χ0n) is 7.15. The van der Waals surface area contributed by atoms with Crippen LogP contribution in [0.1, 0.15) is 33.6 Å². The molecule has 1 aliphatic carbocycles. The highest BCUT2D eigenvalue weighted by molar-refractivity contribution is 5.23. The summed E-state index contributed by atoms with van der Waals surface area (Å²) in [5.41, 5.74) is 3.14. The number of hydrogen-bond donors (Lipinski definition) is 0. The standard InChI is InChI=1S/C10H16/c1-4-8(2)9(3)10-6-5-7-10/h4,6,9H,5,7H2,1-3H3. The third kappa shape index (κ3) is 1.31. The molecule has 0 heterocycles. The van der Waals surface area contributed by atoms with Gasteiger partial charge < -0.3 is 0 Å². The SMILES string of the molecule is CC=C(C)C(C)C1=CCC1. The third-order valence-electron chi connectivity index (χ3n) is 2.53. The summed E-state index contributed by atoms with van der Waals surface area (Å²) in [4.78, 5) is 0. The van der Waals surface area contributed by atoms with Crippen LogP contribution in [-0.2, 0) is 0 Å². The zero-order chi connectivity index (χ0) is 7.56. The summed E-state index contributed by atoms with van der Waals surface area (Å²) in [6.45, 7) is 6.62. The van der Waals surface area contributed by atoms with Crippen LogP contribution in [0.15, 0.2) is 23.3 Å². The van der Waals surface area contributed by atoms with Crippen LogP contribution < -0.4 is 0 Å². The Hall–Kier alpha value is -0.520. The van der Waals surface area contributed by atoms with Crippen molar-refractivity contribution >= 4 is 0 Å². The van der Waals surface area contributed by atoms with Gasteiger partial charge in [-0.2, -0.15) is 0 Å². The molecule has 0 aliphatic heterocycles. The highest BCUT2D eigenvalue weighted by atomic mass is 14.2. The second-order valence-corrected chi connectivity index (χ2v) is 3.07. The molecule has 1 unspecified atom stereocenters. The first kappa shape index (κ1) is 7.59. The number of allylic oxidation sites excluding steroid dienone is 4. The molecule has 0 nitrogen and oxygen atoms in total. The Morgan fingerprint density at radius 2 is 2.30 bits per heavy atom. The molecule has 0 aromatic heterocycles. The summed E-state index contributed by atoms with van der Waals surface area (Å²) >= 11 is 0. The molecule has 0 amide bonds. The van der Waals surface area contributed by atoms with Crippen LogP contribution in [0, 0.1) is 5.92 Å². The number of rotatable bonds is 2. The van der Waals surface area contributed by atoms with Gasteiger partial charge in [0.1, 0.15) is 0 Å². The molecule has 0 N–H and O–H groups in total. The van der Waals surface area contributed by atoms with Crippen molar-refractivity contribution in [1.82, 2.24) is 0 Å². The van der Waals surface area contributed by atoms with E-state index in [-0.39, 0.29) is 0 Å². The van der Waals surface area contributed by atoms with Crippen LogP contribution in [0.3, 0.4) is 0 Å². The van der Waals surface area contributed by atoms with Crippen molar-refractivity contribution in [3.05, 3.63) is 23.3 Å². The molecule has 0 radical (unpaired) electrons. The topological polar surface area (TPSA) is 0 Å². The van der Waals surface area contributed by atoms with Crippen LogP contribution in [0.4, 0.5) is 0 Å². The monoisotopic (exact) mass is 136 g/mol. The first-order chi connectivity index (χ1) is 4.75. The second-order valence-electron chi connectivity index (χ2n) is 3.07. The molecule has 0 bridgehead atoms. The van der Waals surface area contributed by atoms with Gasteiger partial charge in [0.05, 0.1) is 0 Å². The van der Waals surface area contributed by atoms with Crippen LogP contribution in [0.2, 0.25) is 0 Å². The average Bonchev–Trinajstić information content (AvgIpc) is 1.82. The van der Waals surface area contributed by atoms with E-state index in [4.69, 9.17) is 0 Å². The van der Waals surface area contributed by atoms with Crippen molar-refractivity contribution in [2.75, 3.05) is 0 Å². The van der Waals surface area contributed by atoms with E-state index in [9.17, 15) is 0 Å². The normalized spacial score (nSPS) is 21.5. The summed E-state index contributed by atoms with van der Waals surface area (Å²) in [6.07, 6.45) is 7.20. The van der Waals surface area contributed by atoms with E-state index in [1.807, 2.05) is 0 Å². The number of hydrogen-bond acceptors (Lipinski definition) is 0. The molecule has 0 fully saturated rings. The predicted molar refractivity (Wildman–Crippen MR) is 45.9 cm³/mol. The Bertz CT molecular complexity index is 164. The molecule has 10 heavy (non-hydrogen) atoms. The maximum absolute atomic E-state index is 2.36. The zero-order valence-corrected chi connectivity index (χ0v) is 7.15. The lowest BCUT2D eigenvalue weighted by Gasteiger charge is -2.22. The Morgan fingerprint density at radius 1 is 1.70 bits per heavy atom. The van der Waals surface area contributed by atoms with Crippen LogP contribution >= 0.6 is 0 Å². The smallest absolute Gasteiger partial charge is 0.00242 e. The molecule has 1 aliphatic rings. The van der Waals surface area contributed by atoms with Crippen molar-refractivity contribution in [2.24, 2.45) is 5.92 Å². The van der Waals surface area contributed by atoms with Crippen molar-refractivity contribution in [2.45, 2.75) is 33.6 Å². The quantitative estimate of drug-likeness (QED) is 0.511. The third-order valence-corrected chi connectivity index (χ3v) is 2.53. The van der Waals surface area contributed by atoms with E-state index in [1.165, 1.54) is 18.4 Å². The minimum atomic E-state index is 0.707. The van der Waals surface area contributed by atoms with Gasteiger partial charge in [0.2, 0.25) is 0 Å². The highest BCUT2D eigenvalue weighted by Gasteiger charge is 2.13. The van der Waals surface area contributed by atoms with E-state index in [0.717, 1.165) is 0 Å². The first-order valence-electron chi connectivity index (χ1n) is 4.07. The Morgan fingerprint density at radius 3 is 2.60 bits per heavy atom. The Balaban J connectivity index is 2.56. The van der Waals surface area contributed by atoms with Gasteiger partial charge in [-0.25, -0.2) is 0 Å². The Kier molecular flexibility index (Phi) is 2.31. The summed E-state index contributed by atoms with van der Waals surface area (Å²) < 4.78 is 0. The van der Waals surface area contributed by atoms with Gasteiger partial charge in [0.15, 0.2) is 0 Å². The predicted octanol–water partition coefficient (Wildman–Crippen LogP) is 3.31. The highest BCUT2D eigenvalue weighted by Crippen LogP contribution is 2.30. The van der Waals surface area contributed by atoms with Crippen molar-refractivity contribution in [3.63, 3.8) is 0 Å². The van der Waals surface area contributed by atoms with Crippen LogP contribution in [0.5, 0.6) is 0 Å². The fourth-order valence-electron chi connectivity index (χ4n) is 1.25. The molecular formula is C10H16. The second kappa shape index (κ2) is 3.05. The summed E-state index contributed by atoms with van der Waals surface area (Å²) in [5, 5.41) is 0. The van der Waals surface area contributed by atoms with Crippen molar-refractivity contribution in [3.8, 4) is 0 Å². The first-order valence-corrected chi connectivity index (χ1v) is 4.07. The summed E-state index contributed by atoms with van der Waals surface area (Å²) in [6, 6.07) is 0. The van der Waals surface area contributed by atoms with Gasteiger partial charge in [0, 0.05) is 0 Å². The molecule has 0 heteroatoms. The molecule has 0 aromatic carbocycles. The van der Waals surface area contributed by atoms with Crippen LogP contribution in [0.25, 0.3) is 0 Å². The lowest BCUT2D eigenvalue weighted by molar-refractivity contribution is 0.686. The molecule has 56 valence electrons. The molecule has 0 saturated carbocycles. The van der Waals surface area contributed by atoms with E-state index >= 15 is 0 Å². The lowest BCUT2D eigenvalue weighted by atomic mass is 9.84. The van der Waals surface area contributed by atoms with Gasteiger partial charge in [-0.15, -0.1) is 0 Å². The van der Waals surface area contributed by atoms with Gasteiger partial charge in [0.25, 0.3) is 0 Å². The van der Waals surface area contributed by atoms with Gasteiger partial charge >= 0.3 is 0 Å². The molecule has 1 atom stereocenters. The Labute approximate surface area is 63.6 Å². The van der Waals surface area contributed by atoms with Gasteiger partial charge in [-0.1, -0.05) is 30.2 Å². The maximum Gasteiger partial charge on any atom is -0.00242 e. The van der Waals surface area contributed by atoms with Crippen molar-refractivity contribution < 1.29 is 0 Å². The molecule has 0 aromatic rings. The maximum atomic E-state index is 2.36. The molecule has 0 spiro atoms. The average molecular weight is 136 g/mol. The molecule has 0 saturated heterocycles. The van der Waals surface area contributed by atoms with Gasteiger partial charge in [-0.3, -0.25) is 0 Å². The minimum Gasteiger partial charge on any atom is -0.0881 e. The van der Waals surface area contributed by atoms with Crippen LogP contribution in [-0.4, -0.2) is 0 Å². The summed E-state index contributed by atoms with van der Waals surface area (Å²) in [5.74, 6) is 0.707. The minimum absolute atomic E-state index is 0.707. The van der Waals surface area contributed by atoms with Crippen molar-refractivity contribution in [1.29, 1.82) is 0 Å². The van der Waals surface area contributed by atoms with Gasteiger partial charge in [-0.05, 0) is 32.6 Å². The van der Waals surface area contributed by atoms with E-state index in [2.05, 4.69) is 32.9 Å². The van der Waals surface area contributed by atoms with E-state index in [0.29, 0.717) is 5.92 Å². The summed E-state index contributed by atoms with van der Waals surface area (Å²) in [7, 11) is 0. The fourth-order valence-corrected chi connectivity index (χ4v) is 1.25. The molecular weight excluding hydrogens is 120 g/mol. The van der Waals surface area contributed by atoms with E-state index in [1.54, 1.807) is 5.57 Å². The lowest BCUT2D eigenvalue weighted by Crippen LogP contribution is -2.06. The molecule has 1 rings (SSSR count). The fraction of sp³-hybridized carbons (Fsp3) is 0.600.